The molecule has 0 spiro atoms. The van der Waals surface area contributed by atoms with E-state index in [0.29, 0.717) is 18.2 Å². The quantitative estimate of drug-likeness (QED) is 0.641. The predicted molar refractivity (Wildman–Crippen MR) is 115 cm³/mol. The summed E-state index contributed by atoms with van der Waals surface area (Å²) in [4.78, 5) is 12.9. The second kappa shape index (κ2) is 9.57. The van der Waals surface area contributed by atoms with Crippen molar-refractivity contribution in [3.05, 3.63) is 95.8 Å². The fraction of sp³-hybridized carbons (Fsp3) is 0.320. The van der Waals surface area contributed by atoms with Crippen LogP contribution in [-0.2, 0) is 17.7 Å². The predicted octanol–water partition coefficient (Wildman–Crippen LogP) is 4.63. The van der Waals surface area contributed by atoms with Crippen molar-refractivity contribution in [1.82, 2.24) is 9.88 Å². The lowest BCUT2D eigenvalue weighted by molar-refractivity contribution is -0.0272. The van der Waals surface area contributed by atoms with Crippen molar-refractivity contribution in [3.63, 3.8) is 0 Å². The van der Waals surface area contributed by atoms with Gasteiger partial charge in [0.15, 0.2) is 0 Å². The van der Waals surface area contributed by atoms with Gasteiger partial charge in [0.25, 0.3) is 5.91 Å². The average molecular weight is 389 g/mol. The molecule has 2 unspecified atom stereocenters. The van der Waals surface area contributed by atoms with Gasteiger partial charge in [0.2, 0.25) is 0 Å². The van der Waals surface area contributed by atoms with Gasteiger partial charge in [-0.3, -0.25) is 4.79 Å². The molecule has 1 N–H and O–H groups in total. The van der Waals surface area contributed by atoms with Crippen LogP contribution >= 0.6 is 0 Å². The van der Waals surface area contributed by atoms with Crippen molar-refractivity contribution in [2.45, 2.75) is 31.9 Å². The summed E-state index contributed by atoms with van der Waals surface area (Å²) in [5.41, 5.74) is 3.18. The number of aromatic nitrogens is 1. The van der Waals surface area contributed by atoms with E-state index < -0.39 is 0 Å². The second-order valence-electron chi connectivity index (χ2n) is 7.64. The molecule has 2 aromatic carbocycles. The van der Waals surface area contributed by atoms with E-state index in [-0.39, 0.29) is 12.0 Å². The minimum atomic E-state index is -0.0135. The highest BCUT2D eigenvalue weighted by molar-refractivity contribution is 5.92. The molecule has 1 amide bonds. The van der Waals surface area contributed by atoms with E-state index >= 15 is 0 Å². The third-order valence-electron chi connectivity index (χ3n) is 5.64. The highest BCUT2D eigenvalue weighted by atomic mass is 16.5. The molecule has 1 saturated heterocycles. The molecule has 150 valence electrons. The van der Waals surface area contributed by atoms with E-state index in [1.54, 1.807) is 0 Å². The van der Waals surface area contributed by atoms with Crippen LogP contribution in [0.3, 0.4) is 0 Å². The summed E-state index contributed by atoms with van der Waals surface area (Å²) in [5, 5.41) is 3.15. The topological polar surface area (TPSA) is 43.3 Å². The average Bonchev–Trinajstić information content (AvgIpc) is 3.26. The van der Waals surface area contributed by atoms with Crippen LogP contribution in [0.1, 0.15) is 40.6 Å². The molecule has 1 aromatic heterocycles. The van der Waals surface area contributed by atoms with Crippen LogP contribution in [-0.4, -0.2) is 23.6 Å². The van der Waals surface area contributed by atoms with Crippen molar-refractivity contribution in [2.24, 2.45) is 5.92 Å². The Morgan fingerprint density at radius 1 is 1.00 bits per heavy atom. The molecule has 2 atom stereocenters. The summed E-state index contributed by atoms with van der Waals surface area (Å²) in [7, 11) is 0. The zero-order valence-electron chi connectivity index (χ0n) is 16.7. The van der Waals surface area contributed by atoms with Crippen LogP contribution in [0.2, 0.25) is 0 Å². The van der Waals surface area contributed by atoms with Gasteiger partial charge in [0.1, 0.15) is 5.69 Å². The molecule has 4 nitrogen and oxygen atoms in total. The number of carbonyl (C=O) groups excluding carboxylic acids is 1. The maximum atomic E-state index is 12.9. The van der Waals surface area contributed by atoms with Crippen LogP contribution in [0.4, 0.5) is 0 Å². The molecular formula is C25H28N2O2. The molecule has 0 saturated carbocycles. The summed E-state index contributed by atoms with van der Waals surface area (Å²) in [6, 6.07) is 24.5. The molecule has 4 heteroatoms. The van der Waals surface area contributed by atoms with Gasteiger partial charge in [-0.15, -0.1) is 0 Å². The third kappa shape index (κ3) is 4.96. The fourth-order valence-corrected chi connectivity index (χ4v) is 4.09. The van der Waals surface area contributed by atoms with E-state index in [4.69, 9.17) is 4.74 Å². The molecule has 0 aliphatic carbocycles. The Morgan fingerprint density at radius 3 is 2.55 bits per heavy atom. The number of aryl methyl sites for hydroxylation is 2. The number of ether oxygens (including phenoxy) is 1. The summed E-state index contributed by atoms with van der Waals surface area (Å²) in [6.45, 7) is 2.20. The third-order valence-corrected chi connectivity index (χ3v) is 5.64. The Hall–Kier alpha value is -2.85. The first-order valence-corrected chi connectivity index (χ1v) is 10.4. The van der Waals surface area contributed by atoms with Gasteiger partial charge in [0, 0.05) is 31.8 Å². The Bertz CT molecular complexity index is 905. The van der Waals surface area contributed by atoms with Crippen molar-refractivity contribution >= 4 is 5.91 Å². The monoisotopic (exact) mass is 388 g/mol. The number of nitrogens with zero attached hydrogens (tertiary/aromatic N) is 1. The van der Waals surface area contributed by atoms with Gasteiger partial charge < -0.3 is 14.6 Å². The highest BCUT2D eigenvalue weighted by Gasteiger charge is 2.28. The molecule has 0 bridgehead atoms. The normalized spacial score (nSPS) is 19.0. The van der Waals surface area contributed by atoms with Crippen LogP contribution in [0.25, 0.3) is 0 Å². The maximum Gasteiger partial charge on any atom is 0.267 e. The lowest BCUT2D eigenvalue weighted by atomic mass is 9.89. The molecule has 2 heterocycles. The van der Waals surface area contributed by atoms with E-state index in [1.807, 2.05) is 59.3 Å². The van der Waals surface area contributed by atoms with E-state index in [9.17, 15) is 4.79 Å². The summed E-state index contributed by atoms with van der Waals surface area (Å²) in [5.74, 6) is 0.281. The first kappa shape index (κ1) is 19.5. The van der Waals surface area contributed by atoms with Gasteiger partial charge in [-0.05, 0) is 42.5 Å². The lowest BCUT2D eigenvalue weighted by Gasteiger charge is -2.32. The Kier molecular flexibility index (Phi) is 6.42. The van der Waals surface area contributed by atoms with E-state index in [0.717, 1.165) is 32.4 Å². The maximum absolute atomic E-state index is 12.9. The molecular weight excluding hydrogens is 360 g/mol. The van der Waals surface area contributed by atoms with Crippen LogP contribution in [0, 0.1) is 5.92 Å². The smallest absolute Gasteiger partial charge is 0.267 e. The van der Waals surface area contributed by atoms with Crippen molar-refractivity contribution in [2.75, 3.05) is 13.2 Å². The first-order valence-electron chi connectivity index (χ1n) is 10.4. The number of hydrogen-bond donors (Lipinski definition) is 1. The summed E-state index contributed by atoms with van der Waals surface area (Å²) >= 11 is 0. The van der Waals surface area contributed by atoms with Gasteiger partial charge in [-0.2, -0.15) is 0 Å². The van der Waals surface area contributed by atoms with Crippen LogP contribution in [0.15, 0.2) is 79.0 Å². The molecule has 1 aliphatic rings. The van der Waals surface area contributed by atoms with Gasteiger partial charge in [0.05, 0.1) is 6.10 Å². The van der Waals surface area contributed by atoms with Crippen LogP contribution < -0.4 is 5.32 Å². The number of hydrogen-bond acceptors (Lipinski definition) is 2. The SMILES string of the molecule is O=C(NCC1CCCOC1c1ccccc1)c1cccn1CCc1ccccc1. The Labute approximate surface area is 172 Å². The largest absolute Gasteiger partial charge is 0.373 e. The highest BCUT2D eigenvalue weighted by Crippen LogP contribution is 2.33. The number of nitrogens with one attached hydrogen (secondary N) is 1. The van der Waals surface area contributed by atoms with Crippen molar-refractivity contribution < 1.29 is 9.53 Å². The summed E-state index contributed by atoms with van der Waals surface area (Å²) < 4.78 is 8.09. The van der Waals surface area contributed by atoms with Crippen molar-refractivity contribution in [3.8, 4) is 0 Å². The molecule has 4 rings (SSSR count). The number of rotatable bonds is 7. The van der Waals surface area contributed by atoms with E-state index in [1.165, 1.54) is 11.1 Å². The molecule has 0 radical (unpaired) electrons. The second-order valence-corrected chi connectivity index (χ2v) is 7.64. The summed E-state index contributed by atoms with van der Waals surface area (Å²) in [6.07, 6.45) is 5.04. The molecule has 29 heavy (non-hydrogen) atoms. The first-order chi connectivity index (χ1) is 14.3. The van der Waals surface area contributed by atoms with E-state index in [2.05, 4.69) is 29.6 Å². The Balaban J connectivity index is 1.36. The van der Waals surface area contributed by atoms with Gasteiger partial charge in [-0.25, -0.2) is 0 Å². The Morgan fingerprint density at radius 2 is 1.76 bits per heavy atom. The fourth-order valence-electron chi connectivity index (χ4n) is 4.09. The molecule has 3 aromatic rings. The van der Waals surface area contributed by atoms with Gasteiger partial charge >= 0.3 is 0 Å². The van der Waals surface area contributed by atoms with Crippen LogP contribution in [0.5, 0.6) is 0 Å². The molecule has 1 aliphatic heterocycles. The zero-order valence-corrected chi connectivity index (χ0v) is 16.7. The standard InChI is InChI=1S/C25H28N2O2/c28-25(23-14-7-16-27(23)17-15-20-9-3-1-4-10-20)26-19-22-13-8-18-29-24(22)21-11-5-2-6-12-21/h1-7,9-12,14,16,22,24H,8,13,15,17-19H2,(H,26,28). The number of carbonyl (C=O) groups is 1. The lowest BCUT2D eigenvalue weighted by Crippen LogP contribution is -2.35. The van der Waals surface area contributed by atoms with Gasteiger partial charge in [-0.1, -0.05) is 60.7 Å². The van der Waals surface area contributed by atoms with Crippen molar-refractivity contribution in [1.29, 1.82) is 0 Å². The number of amides is 1. The minimum Gasteiger partial charge on any atom is -0.373 e. The molecule has 1 fully saturated rings. The zero-order chi connectivity index (χ0) is 19.9. The minimum absolute atomic E-state index is 0.0135. The number of benzene rings is 2.